The highest BCUT2D eigenvalue weighted by Gasteiger charge is 2.42. The van der Waals surface area contributed by atoms with Crippen LogP contribution in [0.2, 0.25) is 0 Å². The molecule has 0 aliphatic heterocycles. The van der Waals surface area contributed by atoms with E-state index in [1.54, 1.807) is 24.5 Å². The van der Waals surface area contributed by atoms with Crippen LogP contribution in [0.4, 0.5) is 11.4 Å². The number of aryl methyl sites for hydroxylation is 2. The second-order valence-corrected chi connectivity index (χ2v) is 9.24. The van der Waals surface area contributed by atoms with E-state index in [1.807, 2.05) is 38.3 Å². The van der Waals surface area contributed by atoms with E-state index < -0.39 is 5.60 Å². The van der Waals surface area contributed by atoms with Crippen molar-refractivity contribution in [3.63, 3.8) is 0 Å². The molecule has 1 aromatic carbocycles. The van der Waals surface area contributed by atoms with Gasteiger partial charge in [-0.05, 0) is 69.4 Å². The number of thiazole rings is 1. The zero-order chi connectivity index (χ0) is 23.2. The van der Waals surface area contributed by atoms with Crippen LogP contribution < -0.4 is 5.73 Å². The van der Waals surface area contributed by atoms with Gasteiger partial charge in [-0.2, -0.15) is 10.2 Å². The third kappa shape index (κ3) is 3.73. The quantitative estimate of drug-likeness (QED) is 0.319. The Morgan fingerprint density at radius 2 is 2.09 bits per heavy atom. The average Bonchev–Trinajstić information content (AvgIpc) is 3.41. The number of aliphatic imine (C=N–C) groups is 1. The first-order chi connectivity index (χ1) is 15.9. The van der Waals surface area contributed by atoms with Gasteiger partial charge in [-0.15, -0.1) is 11.3 Å². The first-order valence-electron chi connectivity index (χ1n) is 10.7. The molecule has 3 aromatic heterocycles. The molecule has 1 unspecified atom stereocenters. The van der Waals surface area contributed by atoms with Crippen LogP contribution in [0.25, 0.3) is 11.1 Å². The maximum Gasteiger partial charge on any atom is 0.187 e. The molecule has 1 saturated carbocycles. The number of aliphatic hydroxyl groups is 1. The molecule has 1 aliphatic carbocycles. The highest BCUT2D eigenvalue weighted by molar-refractivity contribution is 7.09. The third-order valence-electron chi connectivity index (χ3n) is 5.99. The van der Waals surface area contributed by atoms with Crippen LogP contribution in [0.15, 0.2) is 51.6 Å². The summed E-state index contributed by atoms with van der Waals surface area (Å²) in [5.41, 5.74) is 10.0. The number of hydrogen-bond acceptors (Lipinski definition) is 9. The summed E-state index contributed by atoms with van der Waals surface area (Å²) >= 11 is 1.33. The summed E-state index contributed by atoms with van der Waals surface area (Å²) in [6, 6.07) is 7.21. The van der Waals surface area contributed by atoms with Crippen molar-refractivity contribution >= 4 is 28.4 Å². The van der Waals surface area contributed by atoms with Crippen molar-refractivity contribution in [1.29, 1.82) is 0 Å². The smallest absolute Gasteiger partial charge is 0.187 e. The van der Waals surface area contributed by atoms with Crippen molar-refractivity contribution in [2.45, 2.75) is 39.2 Å². The number of nitrogens with zero attached hydrogens (tertiary/aromatic N) is 5. The van der Waals surface area contributed by atoms with Crippen LogP contribution in [-0.2, 0) is 5.60 Å². The van der Waals surface area contributed by atoms with Crippen molar-refractivity contribution in [1.82, 2.24) is 20.3 Å². The van der Waals surface area contributed by atoms with Crippen LogP contribution >= 0.6 is 11.3 Å². The van der Waals surface area contributed by atoms with E-state index in [1.165, 1.54) is 11.3 Å². The van der Waals surface area contributed by atoms with Gasteiger partial charge in [0.15, 0.2) is 5.60 Å². The summed E-state index contributed by atoms with van der Waals surface area (Å²) in [4.78, 5) is 9.36. The van der Waals surface area contributed by atoms with Gasteiger partial charge >= 0.3 is 0 Å². The number of hydrogen-bond donors (Lipinski definition) is 2. The summed E-state index contributed by atoms with van der Waals surface area (Å²) in [7, 11) is 0. The average molecular weight is 461 g/mol. The Kier molecular flexibility index (Phi) is 5.30. The Morgan fingerprint density at radius 1 is 1.27 bits per heavy atom. The minimum atomic E-state index is -1.70. The molecule has 3 heterocycles. The molecule has 8 nitrogen and oxygen atoms in total. The predicted molar refractivity (Wildman–Crippen MR) is 128 cm³/mol. The topological polar surface area (TPSA) is 123 Å². The Hall–Kier alpha value is -3.43. The molecule has 168 valence electrons. The molecular formula is C24H24N6O2S. The number of benzene rings is 1. The van der Waals surface area contributed by atoms with Crippen molar-refractivity contribution in [2.75, 3.05) is 5.73 Å². The fraction of sp³-hybridized carbons (Fsp3) is 0.292. The minimum absolute atomic E-state index is 0.343. The molecular weight excluding hydrogens is 436 g/mol. The highest BCUT2D eigenvalue weighted by Crippen LogP contribution is 2.46. The van der Waals surface area contributed by atoms with Gasteiger partial charge in [0.05, 0.1) is 17.1 Å². The number of aromatic nitrogens is 4. The van der Waals surface area contributed by atoms with Gasteiger partial charge in [0.25, 0.3) is 0 Å². The first-order valence-corrected chi connectivity index (χ1v) is 11.6. The predicted octanol–water partition coefficient (Wildman–Crippen LogP) is 4.57. The molecule has 33 heavy (non-hydrogen) atoms. The summed E-state index contributed by atoms with van der Waals surface area (Å²) in [6.07, 6.45) is 5.45. The van der Waals surface area contributed by atoms with E-state index in [4.69, 9.17) is 15.2 Å². The maximum absolute atomic E-state index is 12.3. The van der Waals surface area contributed by atoms with Crippen molar-refractivity contribution < 1.29 is 9.63 Å². The van der Waals surface area contributed by atoms with Crippen LogP contribution in [0.5, 0.6) is 0 Å². The molecule has 1 atom stereocenters. The van der Waals surface area contributed by atoms with E-state index in [0.29, 0.717) is 39.3 Å². The molecule has 0 spiro atoms. The molecule has 1 aliphatic rings. The van der Waals surface area contributed by atoms with E-state index in [0.717, 1.165) is 35.4 Å². The lowest BCUT2D eigenvalue weighted by Gasteiger charge is -2.28. The Balaban J connectivity index is 1.83. The lowest BCUT2D eigenvalue weighted by Crippen LogP contribution is -2.30. The van der Waals surface area contributed by atoms with Gasteiger partial charge in [-0.3, -0.25) is 4.99 Å². The third-order valence-corrected chi connectivity index (χ3v) is 6.87. The second kappa shape index (κ2) is 8.17. The molecule has 0 bridgehead atoms. The van der Waals surface area contributed by atoms with Crippen LogP contribution in [-0.4, -0.2) is 31.2 Å². The lowest BCUT2D eigenvalue weighted by molar-refractivity contribution is 0.120. The monoisotopic (exact) mass is 460 g/mol. The SMILES string of the molecule is CC(=Nc1c(N)cc(-c2c(C)noc2C)cc1C(O)(c1cccnn1)c1nccs1)C1CC1. The minimum Gasteiger partial charge on any atom is -0.397 e. The molecule has 4 aromatic rings. The Labute approximate surface area is 195 Å². The number of anilines is 1. The summed E-state index contributed by atoms with van der Waals surface area (Å²) in [6.45, 7) is 5.73. The molecule has 3 N–H and O–H groups in total. The fourth-order valence-electron chi connectivity index (χ4n) is 4.13. The van der Waals surface area contributed by atoms with Crippen molar-refractivity contribution in [3.8, 4) is 11.1 Å². The zero-order valence-electron chi connectivity index (χ0n) is 18.6. The van der Waals surface area contributed by atoms with Gasteiger partial charge in [0, 0.05) is 34.6 Å². The molecule has 9 heteroatoms. The van der Waals surface area contributed by atoms with Crippen LogP contribution in [0, 0.1) is 19.8 Å². The summed E-state index contributed by atoms with van der Waals surface area (Å²) in [5.74, 6) is 1.12. The van der Waals surface area contributed by atoms with Crippen LogP contribution in [0.1, 0.15) is 47.5 Å². The zero-order valence-corrected chi connectivity index (χ0v) is 19.4. The Bertz CT molecular complexity index is 1310. The normalized spacial score (nSPS) is 16.1. The van der Waals surface area contributed by atoms with E-state index in [2.05, 4.69) is 20.3 Å². The Morgan fingerprint density at radius 3 is 2.70 bits per heavy atom. The highest BCUT2D eigenvalue weighted by atomic mass is 32.1. The summed E-state index contributed by atoms with van der Waals surface area (Å²) in [5, 5.41) is 27.0. The van der Waals surface area contributed by atoms with Gasteiger partial charge in [0.2, 0.25) is 0 Å². The van der Waals surface area contributed by atoms with Gasteiger partial charge in [-0.1, -0.05) is 5.16 Å². The van der Waals surface area contributed by atoms with Crippen molar-refractivity contribution in [3.05, 3.63) is 69.8 Å². The molecule has 0 radical (unpaired) electrons. The van der Waals surface area contributed by atoms with Crippen molar-refractivity contribution in [2.24, 2.45) is 10.9 Å². The largest absolute Gasteiger partial charge is 0.397 e. The van der Waals surface area contributed by atoms with Gasteiger partial charge in [-0.25, -0.2) is 4.98 Å². The fourth-order valence-corrected chi connectivity index (χ4v) is 4.88. The van der Waals surface area contributed by atoms with Crippen LogP contribution in [0.3, 0.4) is 0 Å². The first kappa shape index (κ1) is 21.4. The number of rotatable bonds is 6. The number of nitrogens with two attached hydrogens (primary N) is 1. The molecule has 5 rings (SSSR count). The summed E-state index contributed by atoms with van der Waals surface area (Å²) < 4.78 is 5.39. The standard InChI is InChI=1S/C24H24N6O2S/c1-13(16-6-7-16)28-22-18(11-17(12-19(22)25)21-14(2)30-32-15(21)3)24(31,23-26-9-10-33-23)20-5-4-8-27-29-20/h4-5,8-12,16,31H,6-7,25H2,1-3H3. The second-order valence-electron chi connectivity index (χ2n) is 8.34. The molecule has 0 saturated heterocycles. The van der Waals surface area contributed by atoms with Gasteiger partial charge in [0.1, 0.15) is 16.5 Å². The molecule has 0 amide bonds. The van der Waals surface area contributed by atoms with E-state index in [-0.39, 0.29) is 0 Å². The number of nitrogen functional groups attached to an aromatic ring is 1. The van der Waals surface area contributed by atoms with E-state index in [9.17, 15) is 5.11 Å². The molecule has 1 fully saturated rings. The lowest BCUT2D eigenvalue weighted by atomic mass is 9.86. The van der Waals surface area contributed by atoms with E-state index >= 15 is 0 Å². The maximum atomic E-state index is 12.3. The van der Waals surface area contributed by atoms with Gasteiger partial charge < -0.3 is 15.4 Å².